The maximum absolute atomic E-state index is 14.3. The van der Waals surface area contributed by atoms with Gasteiger partial charge in [0.1, 0.15) is 18.0 Å². The molecule has 0 saturated carbocycles. The van der Waals surface area contributed by atoms with E-state index in [9.17, 15) is 26.7 Å². The summed E-state index contributed by atoms with van der Waals surface area (Å²) in [6.45, 7) is 2.70. The lowest BCUT2D eigenvalue weighted by Gasteiger charge is -2.31. The van der Waals surface area contributed by atoms with E-state index in [1.165, 1.54) is 0 Å². The van der Waals surface area contributed by atoms with Crippen molar-refractivity contribution in [1.29, 1.82) is 0 Å². The first-order chi connectivity index (χ1) is 14.5. The Kier molecular flexibility index (Phi) is 5.28. The molecule has 0 aromatic carbocycles. The van der Waals surface area contributed by atoms with Crippen LogP contribution in [0.1, 0.15) is 30.4 Å². The highest BCUT2D eigenvalue weighted by atomic mass is 19.4. The Morgan fingerprint density at radius 1 is 1.10 bits per heavy atom. The maximum Gasteiger partial charge on any atom is 0.416 e. The van der Waals surface area contributed by atoms with E-state index in [0.29, 0.717) is 33.1 Å². The Hall–Kier alpha value is -2.89. The van der Waals surface area contributed by atoms with Gasteiger partial charge in [-0.1, -0.05) is 0 Å². The molecule has 1 amide bonds. The van der Waals surface area contributed by atoms with E-state index in [0.717, 1.165) is 18.5 Å². The first kappa shape index (κ1) is 21.3. The van der Waals surface area contributed by atoms with Crippen molar-refractivity contribution in [2.75, 3.05) is 36.4 Å². The van der Waals surface area contributed by atoms with Crippen molar-refractivity contribution in [1.82, 2.24) is 20.3 Å². The largest absolute Gasteiger partial charge is 0.416 e. The molecular formula is C19H19F5N6O. The van der Waals surface area contributed by atoms with Crippen LogP contribution in [0.2, 0.25) is 0 Å². The molecule has 0 bridgehead atoms. The molecule has 1 atom stereocenters. The summed E-state index contributed by atoms with van der Waals surface area (Å²) in [4.78, 5) is 25.8. The monoisotopic (exact) mass is 442 g/mol. The quantitative estimate of drug-likeness (QED) is 0.712. The normalized spacial score (nSPS) is 19.7. The second-order valence-electron chi connectivity index (χ2n) is 7.58. The van der Waals surface area contributed by atoms with Crippen LogP contribution in [-0.4, -0.2) is 53.0 Å². The number of alkyl halides is 5. The molecule has 4 heterocycles. The van der Waals surface area contributed by atoms with Crippen LogP contribution in [0.25, 0.3) is 11.4 Å². The number of fused-ring (bicyclic) bond motifs is 1. The van der Waals surface area contributed by atoms with Gasteiger partial charge < -0.3 is 15.5 Å². The average Bonchev–Trinajstić information content (AvgIpc) is 2.71. The minimum Gasteiger partial charge on any atom is -0.354 e. The van der Waals surface area contributed by atoms with Crippen molar-refractivity contribution in [3.05, 3.63) is 29.6 Å². The number of hydrogen-bond donors (Lipinski definition) is 2. The predicted octanol–water partition coefficient (Wildman–Crippen LogP) is 3.05. The average molecular weight is 442 g/mol. The van der Waals surface area contributed by atoms with E-state index in [-0.39, 0.29) is 28.6 Å². The Labute approximate surface area is 174 Å². The van der Waals surface area contributed by atoms with Crippen molar-refractivity contribution in [3.63, 3.8) is 0 Å². The molecular weight excluding hydrogens is 423 g/mol. The summed E-state index contributed by atoms with van der Waals surface area (Å²) in [5, 5.41) is 5.51. The van der Waals surface area contributed by atoms with Gasteiger partial charge in [0.2, 0.25) is 5.91 Å². The molecule has 2 aliphatic rings. The number of aromatic nitrogens is 3. The number of piperazine rings is 1. The standard InChI is InChI=1S/C19H19F5N6O/c1-18(20,21)11-8-14(31)29-17-15(11)16(26-9-27-17)12-6-10(19(22,23)24)7-13(28-12)30-4-2-25-3-5-30/h6-7,9,11,25H,2-5,8H2,1H3,(H,26,27,29,31)/t11-/m0/s1. The Balaban J connectivity index is 1.90. The van der Waals surface area contributed by atoms with E-state index in [1.54, 1.807) is 4.90 Å². The number of nitrogens with one attached hydrogen (secondary N) is 2. The molecule has 0 spiro atoms. The van der Waals surface area contributed by atoms with Crippen LogP contribution in [0.5, 0.6) is 0 Å². The highest BCUT2D eigenvalue weighted by molar-refractivity contribution is 5.95. The van der Waals surface area contributed by atoms with Crippen molar-refractivity contribution in [2.45, 2.75) is 31.4 Å². The van der Waals surface area contributed by atoms with E-state index in [4.69, 9.17) is 0 Å². The molecule has 31 heavy (non-hydrogen) atoms. The number of carbonyl (C=O) groups excluding carboxylic acids is 1. The van der Waals surface area contributed by atoms with Crippen LogP contribution in [0.3, 0.4) is 0 Å². The smallest absolute Gasteiger partial charge is 0.354 e. The summed E-state index contributed by atoms with van der Waals surface area (Å²) in [5.74, 6) is -5.63. The van der Waals surface area contributed by atoms with Crippen LogP contribution < -0.4 is 15.5 Å². The van der Waals surface area contributed by atoms with Gasteiger partial charge in [-0.3, -0.25) is 4.79 Å². The number of carbonyl (C=O) groups is 1. The van der Waals surface area contributed by atoms with Crippen LogP contribution in [0, 0.1) is 0 Å². The second kappa shape index (κ2) is 7.66. The lowest BCUT2D eigenvalue weighted by atomic mass is 9.85. The first-order valence-electron chi connectivity index (χ1n) is 9.62. The second-order valence-corrected chi connectivity index (χ2v) is 7.58. The number of rotatable bonds is 3. The molecule has 2 aromatic heterocycles. The third-order valence-electron chi connectivity index (χ3n) is 5.31. The van der Waals surface area contributed by atoms with Gasteiger partial charge in [0.15, 0.2) is 0 Å². The van der Waals surface area contributed by atoms with Crippen LogP contribution >= 0.6 is 0 Å². The van der Waals surface area contributed by atoms with Gasteiger partial charge in [0, 0.05) is 38.2 Å². The number of halogens is 5. The zero-order valence-electron chi connectivity index (χ0n) is 16.4. The summed E-state index contributed by atoms with van der Waals surface area (Å²) in [7, 11) is 0. The lowest BCUT2D eigenvalue weighted by Crippen LogP contribution is -2.44. The third kappa shape index (κ3) is 4.29. The fourth-order valence-corrected chi connectivity index (χ4v) is 3.79. The molecule has 166 valence electrons. The number of hydrogen-bond acceptors (Lipinski definition) is 6. The van der Waals surface area contributed by atoms with Gasteiger partial charge in [-0.05, 0) is 19.1 Å². The first-order valence-corrected chi connectivity index (χ1v) is 9.62. The van der Waals surface area contributed by atoms with Crippen molar-refractivity contribution in [2.24, 2.45) is 0 Å². The SMILES string of the molecule is CC(F)(F)[C@H]1CC(=O)Nc2ncnc(-c3cc(C(F)(F)F)cc(N4CCNCC4)n3)c21. The van der Waals surface area contributed by atoms with Crippen LogP contribution in [0.4, 0.5) is 33.6 Å². The molecule has 0 radical (unpaired) electrons. The van der Waals surface area contributed by atoms with E-state index in [1.807, 2.05) is 0 Å². The number of pyridine rings is 1. The zero-order valence-corrected chi connectivity index (χ0v) is 16.4. The Morgan fingerprint density at radius 3 is 2.45 bits per heavy atom. The van der Waals surface area contributed by atoms with E-state index in [2.05, 4.69) is 25.6 Å². The van der Waals surface area contributed by atoms with Gasteiger partial charge in [0.25, 0.3) is 5.92 Å². The molecule has 0 unspecified atom stereocenters. The lowest BCUT2D eigenvalue weighted by molar-refractivity contribution is -0.137. The molecule has 7 nitrogen and oxygen atoms in total. The van der Waals surface area contributed by atoms with Gasteiger partial charge in [-0.25, -0.2) is 23.7 Å². The molecule has 1 fully saturated rings. The molecule has 12 heteroatoms. The summed E-state index contributed by atoms with van der Waals surface area (Å²) >= 11 is 0. The predicted molar refractivity (Wildman–Crippen MR) is 102 cm³/mol. The van der Waals surface area contributed by atoms with E-state index < -0.39 is 35.9 Å². The Bertz CT molecular complexity index is 1000. The summed E-state index contributed by atoms with van der Waals surface area (Å²) in [6, 6.07) is 1.73. The van der Waals surface area contributed by atoms with Crippen molar-refractivity contribution in [3.8, 4) is 11.4 Å². The number of anilines is 2. The fraction of sp³-hybridized carbons (Fsp3) is 0.474. The number of nitrogens with zero attached hydrogens (tertiary/aromatic N) is 4. The summed E-state index contributed by atoms with van der Waals surface area (Å²) < 4.78 is 69.5. The fourth-order valence-electron chi connectivity index (χ4n) is 3.79. The maximum atomic E-state index is 14.3. The number of amides is 1. The topological polar surface area (TPSA) is 83.0 Å². The molecule has 4 rings (SSSR count). The summed E-state index contributed by atoms with van der Waals surface area (Å²) in [6.07, 6.45) is -4.20. The van der Waals surface area contributed by atoms with Crippen LogP contribution in [0.15, 0.2) is 18.5 Å². The minimum absolute atomic E-state index is 0.0818. The van der Waals surface area contributed by atoms with Gasteiger partial charge in [0.05, 0.1) is 22.9 Å². The van der Waals surface area contributed by atoms with Crippen molar-refractivity contribution < 1.29 is 26.7 Å². The van der Waals surface area contributed by atoms with Gasteiger partial charge in [-0.2, -0.15) is 13.2 Å². The highest BCUT2D eigenvalue weighted by Gasteiger charge is 2.44. The van der Waals surface area contributed by atoms with Crippen molar-refractivity contribution >= 4 is 17.5 Å². The molecule has 2 N–H and O–H groups in total. The third-order valence-corrected chi connectivity index (χ3v) is 5.31. The van der Waals surface area contributed by atoms with E-state index >= 15 is 0 Å². The molecule has 1 saturated heterocycles. The van der Waals surface area contributed by atoms with Crippen LogP contribution in [-0.2, 0) is 11.0 Å². The zero-order chi connectivity index (χ0) is 22.4. The molecule has 2 aliphatic heterocycles. The molecule has 2 aromatic rings. The highest BCUT2D eigenvalue weighted by Crippen LogP contribution is 2.45. The minimum atomic E-state index is -4.67. The molecule has 0 aliphatic carbocycles. The van der Waals surface area contributed by atoms with Gasteiger partial charge in [-0.15, -0.1) is 0 Å². The Morgan fingerprint density at radius 2 is 1.81 bits per heavy atom. The summed E-state index contributed by atoms with van der Waals surface area (Å²) in [5.41, 5.74) is -1.43. The van der Waals surface area contributed by atoms with Gasteiger partial charge >= 0.3 is 6.18 Å².